The van der Waals surface area contributed by atoms with Crippen molar-refractivity contribution in [2.24, 2.45) is 0 Å². The Bertz CT molecular complexity index is 1000. The van der Waals surface area contributed by atoms with Crippen LogP contribution in [-0.4, -0.2) is 9.55 Å². The zero-order valence-electron chi connectivity index (χ0n) is 11.2. The lowest BCUT2D eigenvalue weighted by Crippen LogP contribution is -2.19. The maximum atomic E-state index is 12.9. The van der Waals surface area contributed by atoms with Crippen molar-refractivity contribution in [2.75, 3.05) is 0 Å². The monoisotopic (exact) mass is 272 g/mol. The highest BCUT2D eigenvalue weighted by Crippen LogP contribution is 2.24. The molecule has 2 heterocycles. The topological polar surface area (TPSA) is 34.9 Å². The molecule has 0 amide bonds. The average molecular weight is 272 g/mol. The predicted octanol–water partition coefficient (Wildman–Crippen LogP) is 3.54. The molecule has 0 bridgehead atoms. The molecule has 0 aliphatic rings. The Hall–Kier alpha value is -2.94. The van der Waals surface area contributed by atoms with Gasteiger partial charge in [0.1, 0.15) is 0 Å². The third-order valence-corrected chi connectivity index (χ3v) is 3.70. The van der Waals surface area contributed by atoms with Crippen molar-refractivity contribution in [3.8, 4) is 5.69 Å². The lowest BCUT2D eigenvalue weighted by Gasteiger charge is -2.12. The number of nitrogens with zero attached hydrogens (tertiary/aromatic N) is 2. The minimum atomic E-state index is -0.0164. The highest BCUT2D eigenvalue weighted by molar-refractivity contribution is 6.06. The van der Waals surface area contributed by atoms with Gasteiger partial charge in [-0.2, -0.15) is 0 Å². The van der Waals surface area contributed by atoms with E-state index < -0.39 is 0 Å². The molecule has 3 nitrogen and oxygen atoms in total. The predicted molar refractivity (Wildman–Crippen MR) is 84.8 cm³/mol. The molecule has 0 radical (unpaired) electrons. The van der Waals surface area contributed by atoms with Gasteiger partial charge in [0, 0.05) is 17.0 Å². The summed E-state index contributed by atoms with van der Waals surface area (Å²) in [6, 6.07) is 19.4. The second kappa shape index (κ2) is 4.56. The molecule has 3 heteroatoms. The number of para-hydroxylation sites is 1. The van der Waals surface area contributed by atoms with Gasteiger partial charge in [0.25, 0.3) is 5.56 Å². The van der Waals surface area contributed by atoms with Crippen molar-refractivity contribution in [2.45, 2.75) is 0 Å². The van der Waals surface area contributed by atoms with E-state index in [1.807, 2.05) is 60.7 Å². The number of benzene rings is 2. The lowest BCUT2D eigenvalue weighted by atomic mass is 10.1. The molecule has 0 aliphatic heterocycles. The van der Waals surface area contributed by atoms with Crippen LogP contribution in [0.3, 0.4) is 0 Å². The summed E-state index contributed by atoms with van der Waals surface area (Å²) in [5.41, 5.74) is 1.66. The van der Waals surface area contributed by atoms with E-state index in [-0.39, 0.29) is 5.56 Å². The first kappa shape index (κ1) is 11.9. The van der Waals surface area contributed by atoms with Crippen LogP contribution in [0.5, 0.6) is 0 Å². The molecule has 0 aliphatic carbocycles. The molecule has 2 aromatic carbocycles. The molecule has 2 aromatic heterocycles. The minimum Gasteiger partial charge on any atom is -0.275 e. The Morgan fingerprint density at radius 2 is 1.48 bits per heavy atom. The summed E-state index contributed by atoms with van der Waals surface area (Å²) in [5, 5.41) is 2.77. The fourth-order valence-corrected chi connectivity index (χ4v) is 2.77. The molecule has 0 N–H and O–H groups in total. The van der Waals surface area contributed by atoms with E-state index in [0.29, 0.717) is 0 Å². The Labute approximate surface area is 121 Å². The van der Waals surface area contributed by atoms with E-state index in [4.69, 9.17) is 0 Å². The molecule has 0 atom stereocenters. The smallest absolute Gasteiger partial charge is 0.263 e. The molecule has 0 saturated heterocycles. The number of fused-ring (bicyclic) bond motifs is 3. The van der Waals surface area contributed by atoms with Crippen molar-refractivity contribution in [1.82, 2.24) is 9.55 Å². The normalized spacial score (nSPS) is 11.0. The Balaban J connectivity index is 2.29. The third-order valence-electron chi connectivity index (χ3n) is 3.70. The van der Waals surface area contributed by atoms with Crippen LogP contribution in [0.25, 0.3) is 27.4 Å². The Kier molecular flexibility index (Phi) is 2.57. The van der Waals surface area contributed by atoms with Gasteiger partial charge in [-0.3, -0.25) is 14.3 Å². The molecule has 4 aromatic rings. The Morgan fingerprint density at radius 1 is 0.762 bits per heavy atom. The SMILES string of the molecule is O=c1c2ccccc2c2ccccc2n1-c1cccnc1. The quantitative estimate of drug-likeness (QED) is 0.497. The van der Waals surface area contributed by atoms with Crippen molar-refractivity contribution in [3.05, 3.63) is 83.4 Å². The largest absolute Gasteiger partial charge is 0.275 e. The molecular weight excluding hydrogens is 260 g/mol. The van der Waals surface area contributed by atoms with E-state index >= 15 is 0 Å². The van der Waals surface area contributed by atoms with Gasteiger partial charge in [0.05, 0.1) is 17.4 Å². The van der Waals surface area contributed by atoms with Crippen LogP contribution in [-0.2, 0) is 0 Å². The van der Waals surface area contributed by atoms with E-state index in [1.54, 1.807) is 17.0 Å². The van der Waals surface area contributed by atoms with Gasteiger partial charge < -0.3 is 0 Å². The van der Waals surface area contributed by atoms with Crippen molar-refractivity contribution in [1.29, 1.82) is 0 Å². The van der Waals surface area contributed by atoms with Crippen LogP contribution in [0, 0.1) is 0 Å². The average Bonchev–Trinajstić information content (AvgIpc) is 2.56. The molecule has 0 spiro atoms. The molecule has 0 saturated carbocycles. The van der Waals surface area contributed by atoms with E-state index in [1.165, 1.54) is 0 Å². The number of pyridine rings is 2. The van der Waals surface area contributed by atoms with E-state index in [0.717, 1.165) is 27.4 Å². The van der Waals surface area contributed by atoms with Crippen LogP contribution >= 0.6 is 0 Å². The number of aromatic nitrogens is 2. The maximum absolute atomic E-state index is 12.9. The first-order chi connectivity index (χ1) is 10.4. The summed E-state index contributed by atoms with van der Waals surface area (Å²) in [4.78, 5) is 17.0. The first-order valence-electron chi connectivity index (χ1n) is 6.79. The van der Waals surface area contributed by atoms with Crippen LogP contribution in [0.4, 0.5) is 0 Å². The zero-order chi connectivity index (χ0) is 14.2. The molecular formula is C18H12N2O. The number of hydrogen-bond donors (Lipinski definition) is 0. The van der Waals surface area contributed by atoms with Gasteiger partial charge in [-0.15, -0.1) is 0 Å². The van der Waals surface area contributed by atoms with Crippen molar-refractivity contribution in [3.63, 3.8) is 0 Å². The van der Waals surface area contributed by atoms with Crippen LogP contribution in [0.1, 0.15) is 0 Å². The fourth-order valence-electron chi connectivity index (χ4n) is 2.77. The van der Waals surface area contributed by atoms with Crippen molar-refractivity contribution < 1.29 is 0 Å². The third kappa shape index (κ3) is 1.75. The number of hydrogen-bond acceptors (Lipinski definition) is 2. The molecule has 0 unspecified atom stereocenters. The van der Waals surface area contributed by atoms with Gasteiger partial charge in [0.15, 0.2) is 0 Å². The van der Waals surface area contributed by atoms with E-state index in [2.05, 4.69) is 4.98 Å². The number of rotatable bonds is 1. The van der Waals surface area contributed by atoms with Gasteiger partial charge in [-0.1, -0.05) is 36.4 Å². The highest BCUT2D eigenvalue weighted by Gasteiger charge is 2.11. The molecule has 4 rings (SSSR count). The summed E-state index contributed by atoms with van der Waals surface area (Å²) in [5.74, 6) is 0. The van der Waals surface area contributed by atoms with Gasteiger partial charge in [-0.05, 0) is 29.7 Å². The van der Waals surface area contributed by atoms with E-state index in [9.17, 15) is 4.79 Å². The van der Waals surface area contributed by atoms with Crippen LogP contribution < -0.4 is 5.56 Å². The molecule has 100 valence electrons. The van der Waals surface area contributed by atoms with Crippen molar-refractivity contribution >= 4 is 21.7 Å². The summed E-state index contributed by atoms with van der Waals surface area (Å²) in [6.45, 7) is 0. The summed E-state index contributed by atoms with van der Waals surface area (Å²) < 4.78 is 1.73. The zero-order valence-corrected chi connectivity index (χ0v) is 11.2. The summed E-state index contributed by atoms with van der Waals surface area (Å²) >= 11 is 0. The van der Waals surface area contributed by atoms with Crippen LogP contribution in [0.2, 0.25) is 0 Å². The summed E-state index contributed by atoms with van der Waals surface area (Å²) in [7, 11) is 0. The highest BCUT2D eigenvalue weighted by atomic mass is 16.1. The molecule has 0 fully saturated rings. The minimum absolute atomic E-state index is 0.0164. The van der Waals surface area contributed by atoms with Gasteiger partial charge >= 0.3 is 0 Å². The lowest BCUT2D eigenvalue weighted by molar-refractivity contribution is 1.04. The maximum Gasteiger partial charge on any atom is 0.263 e. The second-order valence-corrected chi connectivity index (χ2v) is 4.91. The Morgan fingerprint density at radius 3 is 2.24 bits per heavy atom. The van der Waals surface area contributed by atoms with Gasteiger partial charge in [-0.25, -0.2) is 0 Å². The fraction of sp³-hybridized carbons (Fsp3) is 0. The second-order valence-electron chi connectivity index (χ2n) is 4.91. The summed E-state index contributed by atoms with van der Waals surface area (Å²) in [6.07, 6.45) is 3.42. The first-order valence-corrected chi connectivity index (χ1v) is 6.79. The standard InChI is InChI=1S/C18H12N2O/c21-18-16-9-2-1-7-14(16)15-8-3-4-10-17(15)20(18)13-6-5-11-19-12-13/h1-12H. The van der Waals surface area contributed by atoms with Gasteiger partial charge in [0.2, 0.25) is 0 Å². The molecule has 21 heavy (non-hydrogen) atoms. The van der Waals surface area contributed by atoms with Crippen LogP contribution in [0.15, 0.2) is 77.9 Å².